The summed E-state index contributed by atoms with van der Waals surface area (Å²) in [5.41, 5.74) is -0.0464. The van der Waals surface area contributed by atoms with Gasteiger partial charge in [0.15, 0.2) is 5.71 Å². The summed E-state index contributed by atoms with van der Waals surface area (Å²) in [6.07, 6.45) is 0. The van der Waals surface area contributed by atoms with Crippen LogP contribution >= 0.6 is 23.1 Å². The van der Waals surface area contributed by atoms with Gasteiger partial charge in [0, 0.05) is 23.6 Å². The molecule has 1 aromatic rings. The zero-order chi connectivity index (χ0) is 22.7. The van der Waals surface area contributed by atoms with E-state index in [4.69, 9.17) is 9.57 Å². The molecule has 14 heteroatoms. The number of aromatic amines is 1. The molecule has 0 saturated carbocycles. The third-order valence-electron chi connectivity index (χ3n) is 4.26. The third kappa shape index (κ3) is 4.64. The number of carboxylic acid groups (broad SMARTS) is 1. The molecule has 3 heterocycles. The highest BCUT2D eigenvalue weighted by Crippen LogP contribution is 2.40. The number of amides is 2. The molecular formula is C17H18N4O8S2. The van der Waals surface area contributed by atoms with Gasteiger partial charge < -0.3 is 25.0 Å². The van der Waals surface area contributed by atoms with Crippen LogP contribution in [0.15, 0.2) is 26.6 Å². The highest BCUT2D eigenvalue weighted by atomic mass is 32.2. The molecule has 166 valence electrons. The second-order valence-corrected chi connectivity index (χ2v) is 8.27. The SMILES string of the molecule is CCON=C(C(=O)N[C@H]1C(=O)N2C(C(=O)O)=C(COC(C)=O)CS[C@H]12)c1csc(=O)[nH]1. The first-order valence-corrected chi connectivity index (χ1v) is 10.9. The molecule has 2 amide bonds. The van der Waals surface area contributed by atoms with Crippen molar-refractivity contribution < 1.29 is 33.9 Å². The van der Waals surface area contributed by atoms with Crippen LogP contribution in [0.2, 0.25) is 0 Å². The molecule has 2 aliphatic rings. The van der Waals surface area contributed by atoms with E-state index in [1.54, 1.807) is 6.92 Å². The van der Waals surface area contributed by atoms with Crippen LogP contribution in [0, 0.1) is 0 Å². The lowest BCUT2D eigenvalue weighted by Crippen LogP contribution is -2.71. The monoisotopic (exact) mass is 470 g/mol. The lowest BCUT2D eigenvalue weighted by Gasteiger charge is -2.49. The number of rotatable bonds is 8. The number of thioether (sulfide) groups is 1. The fraction of sp³-hybridized carbons (Fsp3) is 0.412. The number of thiazole rings is 1. The zero-order valence-electron chi connectivity index (χ0n) is 16.4. The Hall–Kier alpha value is -3.13. The second kappa shape index (κ2) is 9.34. The number of ether oxygens (including phenoxy) is 1. The summed E-state index contributed by atoms with van der Waals surface area (Å²) in [7, 11) is 0. The lowest BCUT2D eigenvalue weighted by atomic mass is 10.0. The molecule has 2 atom stereocenters. The molecule has 0 aromatic carbocycles. The minimum Gasteiger partial charge on any atom is -0.477 e. The van der Waals surface area contributed by atoms with Crippen molar-refractivity contribution in [1.82, 2.24) is 15.2 Å². The number of fused-ring (bicyclic) bond motifs is 1. The van der Waals surface area contributed by atoms with E-state index in [-0.39, 0.29) is 41.6 Å². The normalized spacial score (nSPS) is 20.6. The number of oxime groups is 1. The molecule has 0 unspecified atom stereocenters. The molecule has 0 radical (unpaired) electrons. The fourth-order valence-electron chi connectivity index (χ4n) is 2.93. The molecule has 1 fully saturated rings. The Kier molecular flexibility index (Phi) is 6.80. The van der Waals surface area contributed by atoms with E-state index < -0.39 is 40.0 Å². The van der Waals surface area contributed by atoms with Crippen LogP contribution < -0.4 is 10.2 Å². The van der Waals surface area contributed by atoms with Gasteiger partial charge in [0.05, 0.1) is 5.69 Å². The van der Waals surface area contributed by atoms with E-state index in [2.05, 4.69) is 15.5 Å². The Morgan fingerprint density at radius 2 is 2.13 bits per heavy atom. The maximum Gasteiger partial charge on any atom is 0.352 e. The van der Waals surface area contributed by atoms with Gasteiger partial charge in [-0.1, -0.05) is 16.5 Å². The number of β-lactam (4-membered cyclic amide) rings is 1. The summed E-state index contributed by atoms with van der Waals surface area (Å²) in [5.74, 6) is -3.09. The molecule has 12 nitrogen and oxygen atoms in total. The lowest BCUT2D eigenvalue weighted by molar-refractivity contribution is -0.150. The highest BCUT2D eigenvalue weighted by molar-refractivity contribution is 8.00. The second-order valence-electron chi connectivity index (χ2n) is 6.32. The van der Waals surface area contributed by atoms with Gasteiger partial charge in [0.25, 0.3) is 11.8 Å². The van der Waals surface area contributed by atoms with Crippen molar-refractivity contribution in [2.45, 2.75) is 25.3 Å². The predicted octanol–water partition coefficient (Wildman–Crippen LogP) is -0.521. The van der Waals surface area contributed by atoms with Crippen molar-refractivity contribution in [1.29, 1.82) is 0 Å². The van der Waals surface area contributed by atoms with Gasteiger partial charge in [-0.05, 0) is 6.92 Å². The molecule has 1 saturated heterocycles. The molecule has 31 heavy (non-hydrogen) atoms. The van der Waals surface area contributed by atoms with E-state index in [1.165, 1.54) is 24.1 Å². The van der Waals surface area contributed by atoms with Crippen LogP contribution in [0.1, 0.15) is 19.5 Å². The topological polar surface area (TPSA) is 167 Å². The van der Waals surface area contributed by atoms with E-state index >= 15 is 0 Å². The molecule has 0 aliphatic carbocycles. The predicted molar refractivity (Wildman–Crippen MR) is 109 cm³/mol. The molecule has 3 N–H and O–H groups in total. The van der Waals surface area contributed by atoms with E-state index in [0.717, 1.165) is 16.2 Å². The molecular weight excluding hydrogens is 452 g/mol. The summed E-state index contributed by atoms with van der Waals surface area (Å²) >= 11 is 2.07. The van der Waals surface area contributed by atoms with Crippen LogP contribution in [-0.2, 0) is 28.8 Å². The van der Waals surface area contributed by atoms with Crippen LogP contribution in [0.5, 0.6) is 0 Å². The van der Waals surface area contributed by atoms with Crippen molar-refractivity contribution in [3.8, 4) is 0 Å². The van der Waals surface area contributed by atoms with Crippen molar-refractivity contribution in [2.75, 3.05) is 19.0 Å². The van der Waals surface area contributed by atoms with E-state index in [9.17, 15) is 29.1 Å². The van der Waals surface area contributed by atoms with Crippen LogP contribution in [-0.4, -0.2) is 74.8 Å². The number of carbonyl (C=O) groups excluding carboxylic acids is 3. The average Bonchev–Trinajstić information content (AvgIpc) is 3.15. The van der Waals surface area contributed by atoms with Crippen LogP contribution in [0.3, 0.4) is 0 Å². The largest absolute Gasteiger partial charge is 0.477 e. The summed E-state index contributed by atoms with van der Waals surface area (Å²) in [5, 5.41) is 16.6. The summed E-state index contributed by atoms with van der Waals surface area (Å²) < 4.78 is 4.88. The van der Waals surface area contributed by atoms with Gasteiger partial charge >= 0.3 is 16.8 Å². The number of nitrogens with zero attached hydrogens (tertiary/aromatic N) is 2. The minimum absolute atomic E-state index is 0.135. The maximum absolute atomic E-state index is 12.7. The zero-order valence-corrected chi connectivity index (χ0v) is 18.0. The molecule has 1 aromatic heterocycles. The maximum atomic E-state index is 12.7. The van der Waals surface area contributed by atoms with Crippen LogP contribution in [0.4, 0.5) is 0 Å². The smallest absolute Gasteiger partial charge is 0.352 e. The number of aliphatic carboxylic acids is 1. The number of H-pyrrole nitrogens is 1. The number of hydrogen-bond acceptors (Lipinski definition) is 10. The Labute approximate surface area is 183 Å². The van der Waals surface area contributed by atoms with E-state index in [1.807, 2.05) is 0 Å². The number of hydrogen-bond donors (Lipinski definition) is 3. The number of aromatic nitrogens is 1. The Morgan fingerprint density at radius 3 is 2.71 bits per heavy atom. The Morgan fingerprint density at radius 1 is 1.39 bits per heavy atom. The van der Waals surface area contributed by atoms with E-state index in [0.29, 0.717) is 0 Å². The number of esters is 1. The molecule has 0 spiro atoms. The molecule has 2 aliphatic heterocycles. The fourth-order valence-corrected chi connectivity index (χ4v) is 4.82. The third-order valence-corrected chi connectivity index (χ3v) is 6.27. The van der Waals surface area contributed by atoms with Gasteiger partial charge in [-0.15, -0.1) is 11.8 Å². The molecule has 0 bridgehead atoms. The summed E-state index contributed by atoms with van der Waals surface area (Å²) in [6.45, 7) is 2.79. The number of carboxylic acids is 1. The van der Waals surface area contributed by atoms with Gasteiger partial charge in [-0.3, -0.25) is 24.1 Å². The van der Waals surface area contributed by atoms with Crippen molar-refractivity contribution in [3.63, 3.8) is 0 Å². The van der Waals surface area contributed by atoms with Crippen molar-refractivity contribution >= 4 is 52.6 Å². The van der Waals surface area contributed by atoms with Gasteiger partial charge in [-0.2, -0.15) is 0 Å². The number of nitrogens with one attached hydrogen (secondary N) is 2. The summed E-state index contributed by atoms with van der Waals surface area (Å²) in [4.78, 5) is 67.7. The number of carbonyl (C=O) groups is 4. The first-order chi connectivity index (χ1) is 14.7. The highest BCUT2D eigenvalue weighted by Gasteiger charge is 2.54. The first kappa shape index (κ1) is 22.6. The van der Waals surface area contributed by atoms with Gasteiger partial charge in [-0.25, -0.2) is 4.79 Å². The van der Waals surface area contributed by atoms with Crippen LogP contribution in [0.25, 0.3) is 0 Å². The van der Waals surface area contributed by atoms with Gasteiger partial charge in [0.2, 0.25) is 0 Å². The van der Waals surface area contributed by atoms with Crippen molar-refractivity contribution in [2.24, 2.45) is 5.16 Å². The average molecular weight is 470 g/mol. The molecule has 3 rings (SSSR count). The van der Waals surface area contributed by atoms with Gasteiger partial charge in [0.1, 0.15) is 30.3 Å². The Balaban J connectivity index is 1.78. The standard InChI is InChI=1S/C17H18N4O8S2/c1-3-29-20-10(9-6-31-17(27)18-9)13(23)19-11-14(24)21-12(16(25)26)8(4-28-7(2)22)5-30-15(11)21/h6,11,15H,3-5H2,1-2H3,(H,18,27)(H,19,23)(H,25,26)/t11-,15+/m0/s1. The van der Waals surface area contributed by atoms with Crippen molar-refractivity contribution in [3.05, 3.63) is 32.0 Å². The Bertz CT molecular complexity index is 1040. The minimum atomic E-state index is -1.33. The quantitative estimate of drug-likeness (QED) is 0.196. The summed E-state index contributed by atoms with van der Waals surface area (Å²) in [6, 6.07) is -1.00. The first-order valence-electron chi connectivity index (χ1n) is 8.97.